The van der Waals surface area contributed by atoms with Crippen molar-refractivity contribution < 1.29 is 9.72 Å². The second kappa shape index (κ2) is 9.79. The molecule has 1 heterocycles. The molecule has 0 atom stereocenters. The van der Waals surface area contributed by atoms with E-state index < -0.39 is 4.92 Å². The van der Waals surface area contributed by atoms with Gasteiger partial charge in [-0.1, -0.05) is 54.2 Å². The van der Waals surface area contributed by atoms with Gasteiger partial charge in [0.15, 0.2) is 11.0 Å². The highest BCUT2D eigenvalue weighted by molar-refractivity contribution is 7.99. The molecule has 0 unspecified atom stereocenters. The highest BCUT2D eigenvalue weighted by Crippen LogP contribution is 2.23. The maximum Gasteiger partial charge on any atom is 0.270 e. The van der Waals surface area contributed by atoms with Gasteiger partial charge >= 0.3 is 0 Å². The summed E-state index contributed by atoms with van der Waals surface area (Å²) in [6, 6.07) is 15.8. The van der Waals surface area contributed by atoms with E-state index in [1.54, 1.807) is 19.1 Å². The lowest BCUT2D eigenvalue weighted by Gasteiger charge is -2.07. The first kappa shape index (κ1) is 21.2. The Labute approximate surface area is 177 Å². The quantitative estimate of drug-likeness (QED) is 0.256. The van der Waals surface area contributed by atoms with E-state index in [0.717, 1.165) is 11.4 Å². The molecular weight excluding hydrogens is 404 g/mol. The summed E-state index contributed by atoms with van der Waals surface area (Å²) in [5.41, 5.74) is 4.44. The number of hydrazone groups is 1. The van der Waals surface area contributed by atoms with Crippen molar-refractivity contribution in [3.63, 3.8) is 0 Å². The summed E-state index contributed by atoms with van der Waals surface area (Å²) in [4.78, 5) is 22.6. The molecule has 10 heteroatoms. The second-order valence-electron chi connectivity index (χ2n) is 6.24. The van der Waals surface area contributed by atoms with Crippen molar-refractivity contribution in [2.75, 3.05) is 5.75 Å². The Bertz CT molecular complexity index is 1080. The first-order valence-corrected chi connectivity index (χ1v) is 10.2. The van der Waals surface area contributed by atoms with Crippen molar-refractivity contribution in [1.29, 1.82) is 0 Å². The molecule has 0 aliphatic carbocycles. The molecule has 1 N–H and O–H groups in total. The highest BCUT2D eigenvalue weighted by Gasteiger charge is 2.14. The third-order valence-corrected chi connectivity index (χ3v) is 5.19. The van der Waals surface area contributed by atoms with Crippen molar-refractivity contribution in [2.45, 2.75) is 25.5 Å². The number of rotatable bonds is 8. The number of benzene rings is 2. The average Bonchev–Trinajstić information content (AvgIpc) is 3.19. The van der Waals surface area contributed by atoms with Crippen LogP contribution >= 0.6 is 11.8 Å². The Balaban J connectivity index is 1.62. The Kier molecular flexibility index (Phi) is 6.91. The molecule has 3 aromatic rings. The molecular formula is C20H20N6O3S. The van der Waals surface area contributed by atoms with Gasteiger partial charge in [-0.25, -0.2) is 5.43 Å². The molecule has 0 aliphatic heterocycles. The van der Waals surface area contributed by atoms with Crippen LogP contribution < -0.4 is 5.43 Å². The van der Waals surface area contributed by atoms with Crippen LogP contribution in [0, 0.1) is 10.1 Å². The molecule has 1 aromatic heterocycles. The number of hydrogen-bond acceptors (Lipinski definition) is 7. The van der Waals surface area contributed by atoms with Crippen LogP contribution in [0.5, 0.6) is 0 Å². The molecule has 3 rings (SSSR count). The fourth-order valence-corrected chi connectivity index (χ4v) is 3.49. The molecule has 2 aromatic carbocycles. The molecule has 154 valence electrons. The number of nitro groups is 1. The van der Waals surface area contributed by atoms with E-state index in [4.69, 9.17) is 0 Å². The Morgan fingerprint density at radius 2 is 1.97 bits per heavy atom. The summed E-state index contributed by atoms with van der Waals surface area (Å²) in [6.07, 6.45) is 0. The lowest BCUT2D eigenvalue weighted by molar-refractivity contribution is -0.384. The molecule has 1 amide bonds. The third kappa shape index (κ3) is 5.09. The predicted octanol–water partition coefficient (Wildman–Crippen LogP) is 3.51. The van der Waals surface area contributed by atoms with E-state index in [-0.39, 0.29) is 17.3 Å². The lowest BCUT2D eigenvalue weighted by atomic mass is 10.1. The number of carbonyl (C=O) groups is 1. The topological polar surface area (TPSA) is 115 Å². The van der Waals surface area contributed by atoms with Gasteiger partial charge in [0.05, 0.1) is 16.4 Å². The average molecular weight is 424 g/mol. The van der Waals surface area contributed by atoms with Crippen molar-refractivity contribution in [3.8, 4) is 11.4 Å². The van der Waals surface area contributed by atoms with Crippen LogP contribution in [0.2, 0.25) is 0 Å². The number of nitrogens with one attached hydrogen (secondary N) is 1. The fraction of sp³-hybridized carbons (Fsp3) is 0.200. The van der Waals surface area contributed by atoms with Gasteiger partial charge in [-0.2, -0.15) is 5.10 Å². The summed E-state index contributed by atoms with van der Waals surface area (Å²) in [5, 5.41) is 24.0. The number of aromatic nitrogens is 3. The Morgan fingerprint density at radius 3 is 2.67 bits per heavy atom. The lowest BCUT2D eigenvalue weighted by Crippen LogP contribution is -2.21. The van der Waals surface area contributed by atoms with Gasteiger partial charge in [0.1, 0.15) is 0 Å². The summed E-state index contributed by atoms with van der Waals surface area (Å²) in [6.45, 7) is 4.34. The monoisotopic (exact) mass is 424 g/mol. The molecule has 0 saturated heterocycles. The van der Waals surface area contributed by atoms with Crippen molar-refractivity contribution in [3.05, 3.63) is 70.3 Å². The summed E-state index contributed by atoms with van der Waals surface area (Å²) in [7, 11) is 0. The minimum Gasteiger partial charge on any atom is -0.302 e. The number of hydrogen-bond donors (Lipinski definition) is 1. The molecule has 0 bridgehead atoms. The summed E-state index contributed by atoms with van der Waals surface area (Å²) in [5.74, 6) is 0.552. The zero-order valence-electron chi connectivity index (χ0n) is 16.5. The fourth-order valence-electron chi connectivity index (χ4n) is 2.70. The standard InChI is InChI=1S/C20H20N6O3S/c1-3-25-19(15-8-5-4-6-9-15)23-24-20(25)30-13-18(27)22-21-14(2)16-10-7-11-17(12-16)26(28)29/h4-12H,3,13H2,1-2H3,(H,22,27). The zero-order chi connectivity index (χ0) is 21.5. The van der Waals surface area contributed by atoms with E-state index in [2.05, 4.69) is 20.7 Å². The van der Waals surface area contributed by atoms with Gasteiger partial charge in [-0.3, -0.25) is 14.9 Å². The van der Waals surface area contributed by atoms with Crippen LogP contribution in [-0.4, -0.2) is 37.1 Å². The summed E-state index contributed by atoms with van der Waals surface area (Å²) < 4.78 is 1.95. The maximum atomic E-state index is 12.2. The number of thioether (sulfide) groups is 1. The van der Waals surface area contributed by atoms with Crippen LogP contribution in [-0.2, 0) is 11.3 Å². The van der Waals surface area contributed by atoms with Crippen molar-refractivity contribution >= 4 is 29.1 Å². The first-order valence-electron chi connectivity index (χ1n) is 9.19. The zero-order valence-corrected chi connectivity index (χ0v) is 17.3. The number of carbonyl (C=O) groups excluding carboxylic acids is 1. The van der Waals surface area contributed by atoms with E-state index in [0.29, 0.717) is 23.0 Å². The number of nitrogens with zero attached hydrogens (tertiary/aromatic N) is 5. The van der Waals surface area contributed by atoms with Crippen molar-refractivity contribution in [1.82, 2.24) is 20.2 Å². The molecule has 9 nitrogen and oxygen atoms in total. The van der Waals surface area contributed by atoms with E-state index in [1.165, 1.54) is 23.9 Å². The van der Waals surface area contributed by atoms with Crippen LogP contribution in [0.3, 0.4) is 0 Å². The van der Waals surface area contributed by atoms with Gasteiger partial charge in [0.25, 0.3) is 11.6 Å². The first-order chi connectivity index (χ1) is 14.5. The number of amides is 1. The minimum absolute atomic E-state index is 0.0305. The van der Waals surface area contributed by atoms with E-state index in [9.17, 15) is 14.9 Å². The smallest absolute Gasteiger partial charge is 0.270 e. The third-order valence-electron chi connectivity index (χ3n) is 4.22. The van der Waals surface area contributed by atoms with Gasteiger partial charge in [-0.05, 0) is 13.8 Å². The highest BCUT2D eigenvalue weighted by atomic mass is 32.2. The Morgan fingerprint density at radius 1 is 1.20 bits per heavy atom. The van der Waals surface area contributed by atoms with Gasteiger partial charge in [0, 0.05) is 29.8 Å². The minimum atomic E-state index is -0.473. The summed E-state index contributed by atoms with van der Waals surface area (Å²) >= 11 is 1.27. The van der Waals surface area contributed by atoms with Gasteiger partial charge in [-0.15, -0.1) is 10.2 Å². The van der Waals surface area contributed by atoms with Crippen LogP contribution in [0.4, 0.5) is 5.69 Å². The van der Waals surface area contributed by atoms with Gasteiger partial charge in [0.2, 0.25) is 0 Å². The Hall–Kier alpha value is -3.53. The van der Waals surface area contributed by atoms with Crippen LogP contribution in [0.25, 0.3) is 11.4 Å². The normalized spacial score (nSPS) is 11.3. The van der Waals surface area contributed by atoms with Crippen molar-refractivity contribution in [2.24, 2.45) is 5.10 Å². The van der Waals surface area contributed by atoms with E-state index >= 15 is 0 Å². The predicted molar refractivity (Wildman–Crippen MR) is 115 cm³/mol. The molecule has 0 aliphatic rings. The molecule has 0 saturated carbocycles. The molecule has 30 heavy (non-hydrogen) atoms. The molecule has 0 spiro atoms. The van der Waals surface area contributed by atoms with Crippen LogP contribution in [0.15, 0.2) is 64.9 Å². The number of nitro benzene ring substituents is 1. The maximum absolute atomic E-state index is 12.2. The van der Waals surface area contributed by atoms with Crippen LogP contribution in [0.1, 0.15) is 19.4 Å². The second-order valence-corrected chi connectivity index (χ2v) is 7.19. The largest absolute Gasteiger partial charge is 0.302 e. The molecule has 0 radical (unpaired) electrons. The molecule has 0 fully saturated rings. The SMILES string of the molecule is CCn1c(SCC(=O)NN=C(C)c2cccc([N+](=O)[O-])c2)nnc1-c1ccccc1. The van der Waals surface area contributed by atoms with Gasteiger partial charge < -0.3 is 4.57 Å². The van der Waals surface area contributed by atoms with E-state index in [1.807, 2.05) is 41.8 Å². The number of non-ortho nitro benzene ring substituents is 1.